The molecule has 0 atom stereocenters. The molecule has 0 saturated heterocycles. The zero-order valence-corrected chi connectivity index (χ0v) is 38.1. The van der Waals surface area contributed by atoms with Gasteiger partial charge in [-0.3, -0.25) is 0 Å². The van der Waals surface area contributed by atoms with Gasteiger partial charge in [-0.25, -0.2) is 29.6 Å². The van der Waals surface area contributed by atoms with Crippen LogP contribution in [0, 0.1) is 13.1 Å². The Hall–Kier alpha value is -10.1. The highest BCUT2D eigenvalue weighted by molar-refractivity contribution is 6.12. The van der Waals surface area contributed by atoms with Gasteiger partial charge >= 0.3 is 0 Å². The van der Waals surface area contributed by atoms with Crippen LogP contribution in [0.15, 0.2) is 237 Å². The molecule has 0 bridgehead atoms. The van der Waals surface area contributed by atoms with Crippen LogP contribution in [0.5, 0.6) is 0 Å². The normalized spacial score (nSPS) is 11.1. The molecule has 3 heterocycles. The third-order valence-electron chi connectivity index (χ3n) is 12.9. The van der Waals surface area contributed by atoms with Gasteiger partial charge in [-0.1, -0.05) is 182 Å². The third kappa shape index (κ3) is 8.16. The highest BCUT2D eigenvalue weighted by Crippen LogP contribution is 2.42. The number of aromatic nitrogens is 5. The first-order chi connectivity index (χ1) is 35.1. The van der Waals surface area contributed by atoms with E-state index in [1.54, 1.807) is 0 Å². The summed E-state index contributed by atoms with van der Waals surface area (Å²) in [7, 11) is 0. The van der Waals surface area contributed by atoms with Gasteiger partial charge < -0.3 is 4.57 Å². The molecule has 7 heteroatoms. The Kier molecular flexibility index (Phi) is 10.8. The van der Waals surface area contributed by atoms with Gasteiger partial charge in [-0.05, 0) is 76.9 Å². The summed E-state index contributed by atoms with van der Waals surface area (Å²) in [6.45, 7) is 15.6. The van der Waals surface area contributed by atoms with Gasteiger partial charge in [-0.2, -0.15) is 0 Å². The van der Waals surface area contributed by atoms with Crippen LogP contribution in [-0.4, -0.2) is 24.5 Å². The van der Waals surface area contributed by atoms with Crippen molar-refractivity contribution < 1.29 is 0 Å². The van der Waals surface area contributed by atoms with E-state index < -0.39 is 0 Å². The summed E-state index contributed by atoms with van der Waals surface area (Å²) in [5, 5.41) is 2.11. The lowest BCUT2D eigenvalue weighted by Crippen LogP contribution is -2.03. The van der Waals surface area contributed by atoms with Crippen molar-refractivity contribution in [3.8, 4) is 95.7 Å². The number of hydrogen-bond acceptors (Lipinski definition) is 4. The summed E-state index contributed by atoms with van der Waals surface area (Å²) < 4.78 is 2.31. The van der Waals surface area contributed by atoms with Crippen molar-refractivity contribution in [1.82, 2.24) is 24.5 Å². The van der Waals surface area contributed by atoms with Crippen LogP contribution in [0.3, 0.4) is 0 Å². The molecule has 71 heavy (non-hydrogen) atoms. The van der Waals surface area contributed by atoms with E-state index in [0.29, 0.717) is 23.0 Å². The fourth-order valence-electron chi connectivity index (χ4n) is 9.37. The number of nitrogens with zero attached hydrogens (tertiary/aromatic N) is 7. The predicted octanol–water partition coefficient (Wildman–Crippen LogP) is 16.8. The van der Waals surface area contributed by atoms with Crippen molar-refractivity contribution >= 4 is 33.2 Å². The Balaban J connectivity index is 1.18. The van der Waals surface area contributed by atoms with Crippen LogP contribution in [-0.2, 0) is 0 Å². The van der Waals surface area contributed by atoms with Gasteiger partial charge in [0, 0.05) is 44.2 Å². The number of fused-ring (bicyclic) bond motifs is 3. The van der Waals surface area contributed by atoms with Crippen LogP contribution in [0.4, 0.5) is 11.4 Å². The highest BCUT2D eigenvalue weighted by atomic mass is 15.0. The molecule has 0 radical (unpaired) electrons. The first-order valence-corrected chi connectivity index (χ1v) is 23.3. The summed E-state index contributed by atoms with van der Waals surface area (Å²) in [6, 6.07) is 79.9. The Labute approximate surface area is 411 Å². The van der Waals surface area contributed by atoms with Crippen molar-refractivity contribution in [3.63, 3.8) is 0 Å². The molecular formula is C64H39N7. The van der Waals surface area contributed by atoms with E-state index in [-0.39, 0.29) is 0 Å². The van der Waals surface area contributed by atoms with Gasteiger partial charge in [0.2, 0.25) is 0 Å². The van der Waals surface area contributed by atoms with Crippen molar-refractivity contribution in [2.75, 3.05) is 0 Å². The van der Waals surface area contributed by atoms with Crippen LogP contribution in [0.25, 0.3) is 127 Å². The van der Waals surface area contributed by atoms with Crippen LogP contribution in [0.2, 0.25) is 0 Å². The molecule has 9 aromatic carbocycles. The monoisotopic (exact) mass is 905 g/mol. The molecule has 12 rings (SSSR count). The lowest BCUT2D eigenvalue weighted by atomic mass is 10.0. The zero-order chi connectivity index (χ0) is 47.7. The number of hydrogen-bond donors (Lipinski definition) is 0. The topological polar surface area (TPSA) is 65.2 Å². The number of rotatable bonds is 9. The second-order valence-electron chi connectivity index (χ2n) is 17.2. The van der Waals surface area contributed by atoms with E-state index in [1.165, 1.54) is 0 Å². The maximum Gasteiger partial charge on any atom is 0.187 e. The minimum atomic E-state index is 0.529. The highest BCUT2D eigenvalue weighted by Gasteiger charge is 2.22. The van der Waals surface area contributed by atoms with Crippen molar-refractivity contribution in [3.05, 3.63) is 259 Å². The summed E-state index contributed by atoms with van der Waals surface area (Å²) in [5.41, 5.74) is 16.4. The smallest absolute Gasteiger partial charge is 0.187 e. The van der Waals surface area contributed by atoms with E-state index in [4.69, 9.17) is 33.1 Å². The molecule has 0 N–H and O–H groups in total. The van der Waals surface area contributed by atoms with Crippen LogP contribution in [0.1, 0.15) is 0 Å². The molecule has 0 aliphatic carbocycles. The average molecular weight is 906 g/mol. The van der Waals surface area contributed by atoms with E-state index in [2.05, 4.69) is 130 Å². The van der Waals surface area contributed by atoms with E-state index in [1.807, 2.05) is 121 Å². The average Bonchev–Trinajstić information content (AvgIpc) is 3.78. The SMILES string of the molecule is [C-]#[N+]c1cccc(-c2ccc3c4ccc(-c5cccc([N+]#[C-])c5)cc4n(-c4ccc(-c5nc(-c6ccccc6)cc(-c6ccccc6)n5)cc4-c4nc(-c5ccccc5)cc(-c5ccccc5)n4)c3c2)c1. The first kappa shape index (κ1) is 42.3. The molecule has 0 unspecified atom stereocenters. The van der Waals surface area contributed by atoms with E-state index in [9.17, 15) is 0 Å². The summed E-state index contributed by atoms with van der Waals surface area (Å²) >= 11 is 0. The summed E-state index contributed by atoms with van der Waals surface area (Å²) in [6.07, 6.45) is 0. The summed E-state index contributed by atoms with van der Waals surface area (Å²) in [4.78, 5) is 28.9. The molecule has 0 aliphatic heterocycles. The van der Waals surface area contributed by atoms with Crippen molar-refractivity contribution in [1.29, 1.82) is 0 Å². The van der Waals surface area contributed by atoms with Gasteiger partial charge in [0.05, 0.1) is 52.6 Å². The standard InChI is InChI=1S/C64H39N7/c1-65-51-27-15-25-46(35-51)48-29-32-53-54-33-30-49(47-26-16-28-52(36-47)66-2)39-62(54)71(61(53)38-48)60-34-31-50(63-67-56(42-17-7-3-8-18-42)40-57(68-63)43-19-9-4-10-20-43)37-55(60)64-69-58(44-21-11-5-12-22-44)41-59(70-64)45-23-13-6-14-24-45/h3-41H. The van der Waals surface area contributed by atoms with Gasteiger partial charge in [-0.15, -0.1) is 0 Å². The maximum atomic E-state index is 7.79. The largest absolute Gasteiger partial charge is 0.308 e. The van der Waals surface area contributed by atoms with Gasteiger partial charge in [0.25, 0.3) is 0 Å². The Morgan fingerprint density at radius 3 is 1.07 bits per heavy atom. The molecule has 0 spiro atoms. The molecule has 330 valence electrons. The molecule has 0 amide bonds. The molecule has 12 aromatic rings. The Morgan fingerprint density at radius 2 is 0.662 bits per heavy atom. The zero-order valence-electron chi connectivity index (χ0n) is 38.1. The minimum absolute atomic E-state index is 0.529. The van der Waals surface area contributed by atoms with Crippen molar-refractivity contribution in [2.45, 2.75) is 0 Å². The molecular weight excluding hydrogens is 867 g/mol. The predicted molar refractivity (Wildman–Crippen MR) is 288 cm³/mol. The maximum absolute atomic E-state index is 7.79. The van der Waals surface area contributed by atoms with E-state index >= 15 is 0 Å². The fourth-order valence-corrected chi connectivity index (χ4v) is 9.37. The molecule has 0 fully saturated rings. The fraction of sp³-hybridized carbons (Fsp3) is 0. The lowest BCUT2D eigenvalue weighted by Gasteiger charge is -2.17. The molecule has 0 saturated carbocycles. The van der Waals surface area contributed by atoms with Crippen LogP contribution >= 0.6 is 0 Å². The molecule has 0 aliphatic rings. The van der Waals surface area contributed by atoms with Crippen molar-refractivity contribution in [2.24, 2.45) is 0 Å². The van der Waals surface area contributed by atoms with Crippen LogP contribution < -0.4 is 0 Å². The van der Waals surface area contributed by atoms with E-state index in [0.717, 1.165) is 106 Å². The first-order valence-electron chi connectivity index (χ1n) is 23.3. The second kappa shape index (κ2) is 18.2. The second-order valence-corrected chi connectivity index (χ2v) is 17.2. The van der Waals surface area contributed by atoms with Gasteiger partial charge in [0.1, 0.15) is 0 Å². The Morgan fingerprint density at radius 1 is 0.296 bits per heavy atom. The third-order valence-corrected chi connectivity index (χ3v) is 12.9. The molecule has 7 nitrogen and oxygen atoms in total. The lowest BCUT2D eigenvalue weighted by molar-refractivity contribution is 1.13. The van der Waals surface area contributed by atoms with Gasteiger partial charge in [0.15, 0.2) is 23.0 Å². The minimum Gasteiger partial charge on any atom is -0.308 e. The quantitative estimate of drug-likeness (QED) is 0.135. The Bertz CT molecular complexity index is 3830. The number of benzene rings is 9. The summed E-state index contributed by atoms with van der Waals surface area (Å²) in [5.74, 6) is 1.09. The molecule has 3 aromatic heterocycles.